The minimum absolute atomic E-state index is 0.128. The highest BCUT2D eigenvalue weighted by Crippen LogP contribution is 1.75. The topological polar surface area (TPSA) is 78.4 Å². The highest BCUT2D eigenvalue weighted by atomic mass is 16.9. The fourth-order valence-electron chi connectivity index (χ4n) is 0.177. The lowest BCUT2D eigenvalue weighted by molar-refractivity contribution is -0.959. The molecule has 0 heterocycles. The molecule has 0 aliphatic heterocycles. The number of ether oxygens (including phenoxy) is 1. The zero-order valence-electron chi connectivity index (χ0n) is 3.84. The third-order valence-corrected chi connectivity index (χ3v) is 0.321. The summed E-state index contributed by atoms with van der Waals surface area (Å²) in [5.41, 5.74) is 0. The molecule has 0 saturated carbocycles. The number of rotatable bonds is 2. The van der Waals surface area contributed by atoms with Gasteiger partial charge < -0.3 is 20.1 Å². The second kappa shape index (κ2) is 2.23. The summed E-state index contributed by atoms with van der Waals surface area (Å²) < 4.78 is 3.56. The maximum atomic E-state index is 9.37. The van der Waals surface area contributed by atoms with Crippen molar-refractivity contribution < 1.29 is 20.1 Å². The van der Waals surface area contributed by atoms with Gasteiger partial charge in [-0.15, -0.1) is 0 Å². The molecule has 4 heteroatoms. The predicted molar refractivity (Wildman–Crippen MR) is 14.4 cm³/mol. The van der Waals surface area contributed by atoms with Crippen LogP contribution in [-0.2, 0) is 4.74 Å². The molecule has 0 unspecified atom stereocenters. The molecule has 0 rings (SSSR count). The Bertz CT molecular complexity index is 45.4. The lowest BCUT2D eigenvalue weighted by Gasteiger charge is -2.55. The van der Waals surface area contributed by atoms with Crippen LogP contribution < -0.4 is 15.3 Å². The van der Waals surface area contributed by atoms with Crippen LogP contribution in [0, 0.1) is 0 Å². The molecule has 0 aliphatic rings. The minimum atomic E-state index is -3.70. The summed E-state index contributed by atoms with van der Waals surface area (Å²) >= 11 is 0. The van der Waals surface area contributed by atoms with E-state index in [1.165, 1.54) is 6.92 Å². The quantitative estimate of drug-likeness (QED) is 0.345. The Hall–Kier alpha value is -0.160. The second-order valence-corrected chi connectivity index (χ2v) is 0.933. The summed E-state index contributed by atoms with van der Waals surface area (Å²) in [5, 5.41) is 28.1. The van der Waals surface area contributed by atoms with Gasteiger partial charge in [-0.25, -0.2) is 0 Å². The maximum absolute atomic E-state index is 9.37. The van der Waals surface area contributed by atoms with Crippen molar-refractivity contribution in [1.29, 1.82) is 0 Å². The van der Waals surface area contributed by atoms with E-state index in [0.29, 0.717) is 0 Å². The summed E-state index contributed by atoms with van der Waals surface area (Å²) in [6.45, 7) is 1.28. The Labute approximate surface area is 41.0 Å². The van der Waals surface area contributed by atoms with E-state index in [0.717, 1.165) is 0 Å². The average molecular weight is 105 g/mol. The first kappa shape index (κ1) is 6.84. The van der Waals surface area contributed by atoms with Gasteiger partial charge in [-0.2, -0.15) is 6.16 Å². The summed E-state index contributed by atoms with van der Waals surface area (Å²) in [5.74, 6) is 0. The standard InChI is InChI=1S/C3H5O4/c1-2-7-3(4,5)6/h2H2,1H3/q-3. The smallest absolute Gasteiger partial charge is 0.0390 e. The fourth-order valence-corrected chi connectivity index (χ4v) is 0.177. The first-order valence-corrected chi connectivity index (χ1v) is 1.81. The van der Waals surface area contributed by atoms with Crippen molar-refractivity contribution in [2.45, 2.75) is 13.1 Å². The van der Waals surface area contributed by atoms with Crippen molar-refractivity contribution in [3.05, 3.63) is 0 Å². The Balaban J connectivity index is 3.15. The lowest BCUT2D eigenvalue weighted by Crippen LogP contribution is -2.68. The molecule has 0 bridgehead atoms. The van der Waals surface area contributed by atoms with Crippen LogP contribution in [0.15, 0.2) is 0 Å². The summed E-state index contributed by atoms with van der Waals surface area (Å²) in [6, 6.07) is 0. The lowest BCUT2D eigenvalue weighted by atomic mass is 10.9. The van der Waals surface area contributed by atoms with Gasteiger partial charge in [-0.1, -0.05) is 0 Å². The SMILES string of the molecule is CCOC([O-])([O-])[O-]. The Kier molecular flexibility index (Phi) is 2.17. The van der Waals surface area contributed by atoms with Crippen LogP contribution in [0.25, 0.3) is 0 Å². The van der Waals surface area contributed by atoms with Crippen molar-refractivity contribution in [3.63, 3.8) is 0 Å². The van der Waals surface area contributed by atoms with E-state index < -0.39 is 6.16 Å². The molecule has 44 valence electrons. The van der Waals surface area contributed by atoms with Crippen molar-refractivity contribution in [3.8, 4) is 0 Å². The molecule has 0 N–H and O–H groups in total. The maximum Gasteiger partial charge on any atom is 0.0390 e. The zero-order valence-corrected chi connectivity index (χ0v) is 3.84. The largest absolute Gasteiger partial charge is 0.856 e. The van der Waals surface area contributed by atoms with E-state index in [1.54, 1.807) is 0 Å². The molecule has 0 aromatic rings. The number of hydrogen-bond acceptors (Lipinski definition) is 4. The van der Waals surface area contributed by atoms with E-state index in [-0.39, 0.29) is 6.61 Å². The van der Waals surface area contributed by atoms with E-state index in [4.69, 9.17) is 0 Å². The van der Waals surface area contributed by atoms with E-state index in [9.17, 15) is 15.3 Å². The van der Waals surface area contributed by atoms with Gasteiger partial charge in [0.25, 0.3) is 0 Å². The van der Waals surface area contributed by atoms with Gasteiger partial charge >= 0.3 is 0 Å². The van der Waals surface area contributed by atoms with Crippen molar-refractivity contribution in [1.82, 2.24) is 0 Å². The van der Waals surface area contributed by atoms with E-state index >= 15 is 0 Å². The Morgan fingerprint density at radius 3 is 1.86 bits per heavy atom. The van der Waals surface area contributed by atoms with Gasteiger partial charge in [0.05, 0.1) is 0 Å². The van der Waals surface area contributed by atoms with Crippen LogP contribution in [0.4, 0.5) is 0 Å². The van der Waals surface area contributed by atoms with Crippen LogP contribution in [0.3, 0.4) is 0 Å². The molecule has 0 radical (unpaired) electrons. The van der Waals surface area contributed by atoms with Crippen LogP contribution in [0.1, 0.15) is 6.92 Å². The first-order valence-electron chi connectivity index (χ1n) is 1.81. The molecular weight excluding hydrogens is 100 g/mol. The van der Waals surface area contributed by atoms with Crippen LogP contribution >= 0.6 is 0 Å². The Morgan fingerprint density at radius 2 is 1.86 bits per heavy atom. The third-order valence-electron chi connectivity index (χ3n) is 0.321. The molecule has 0 saturated heterocycles. The zero-order chi connectivity index (χ0) is 5.91. The average Bonchev–Trinajstić information content (AvgIpc) is 1.30. The van der Waals surface area contributed by atoms with E-state index in [2.05, 4.69) is 4.74 Å². The van der Waals surface area contributed by atoms with E-state index in [1.807, 2.05) is 0 Å². The predicted octanol–water partition coefficient (Wildman–Crippen LogP) is -3.28. The van der Waals surface area contributed by atoms with Gasteiger partial charge in [0.1, 0.15) is 0 Å². The minimum Gasteiger partial charge on any atom is -0.856 e. The van der Waals surface area contributed by atoms with Crippen LogP contribution in [0.5, 0.6) is 0 Å². The summed E-state index contributed by atoms with van der Waals surface area (Å²) in [4.78, 5) is 0. The molecule has 7 heavy (non-hydrogen) atoms. The molecule has 0 spiro atoms. The fraction of sp³-hybridized carbons (Fsp3) is 1.00. The van der Waals surface area contributed by atoms with Crippen molar-refractivity contribution in [2.24, 2.45) is 0 Å². The van der Waals surface area contributed by atoms with Gasteiger partial charge in [0.15, 0.2) is 0 Å². The summed E-state index contributed by atoms with van der Waals surface area (Å²) in [6.07, 6.45) is -3.70. The van der Waals surface area contributed by atoms with Gasteiger partial charge in [-0.05, 0) is 6.92 Å². The van der Waals surface area contributed by atoms with Gasteiger partial charge in [0.2, 0.25) is 0 Å². The molecule has 0 amide bonds. The first-order chi connectivity index (χ1) is 3.06. The highest BCUT2D eigenvalue weighted by Gasteiger charge is 1.74. The van der Waals surface area contributed by atoms with Crippen molar-refractivity contribution >= 4 is 0 Å². The molecule has 0 aromatic heterocycles. The van der Waals surface area contributed by atoms with Gasteiger partial charge in [0, 0.05) is 6.61 Å². The Morgan fingerprint density at radius 1 is 1.43 bits per heavy atom. The van der Waals surface area contributed by atoms with Gasteiger partial charge in [-0.3, -0.25) is 0 Å². The third kappa shape index (κ3) is 5.84. The van der Waals surface area contributed by atoms with Crippen LogP contribution in [0.2, 0.25) is 0 Å². The summed E-state index contributed by atoms with van der Waals surface area (Å²) in [7, 11) is 0. The molecule has 0 atom stereocenters. The second-order valence-electron chi connectivity index (χ2n) is 0.933. The molecule has 0 fully saturated rings. The molecular formula is C3H5O4-3. The highest BCUT2D eigenvalue weighted by molar-refractivity contribution is 4.09. The number of hydrogen-bond donors (Lipinski definition) is 0. The molecule has 0 aliphatic carbocycles. The molecule has 4 nitrogen and oxygen atoms in total. The van der Waals surface area contributed by atoms with Crippen molar-refractivity contribution in [2.75, 3.05) is 6.61 Å². The monoisotopic (exact) mass is 105 g/mol. The normalized spacial score (nSPS) is 12.0. The van der Waals surface area contributed by atoms with Crippen LogP contribution in [-0.4, -0.2) is 12.8 Å². The molecule has 0 aromatic carbocycles.